The first kappa shape index (κ1) is 18.4. The topological polar surface area (TPSA) is 79.0 Å². The Morgan fingerprint density at radius 2 is 1.85 bits per heavy atom. The lowest BCUT2D eigenvalue weighted by atomic mass is 10.0. The van der Waals surface area contributed by atoms with Gasteiger partial charge in [0.2, 0.25) is 10.0 Å². The second-order valence-corrected chi connectivity index (χ2v) is 8.53. The van der Waals surface area contributed by atoms with Gasteiger partial charge in [0.1, 0.15) is 0 Å². The molecule has 0 saturated heterocycles. The molecule has 1 aromatic heterocycles. The predicted octanol–water partition coefficient (Wildman–Crippen LogP) is 3.44. The third-order valence-electron chi connectivity index (χ3n) is 4.36. The summed E-state index contributed by atoms with van der Waals surface area (Å²) in [5.41, 5.74) is 2.86. The summed E-state index contributed by atoms with van der Waals surface area (Å²) in [6.45, 7) is 5.97. The molecule has 0 saturated carbocycles. The summed E-state index contributed by atoms with van der Waals surface area (Å²) in [6.07, 6.45) is 0. The molecule has 1 heterocycles. The lowest BCUT2D eigenvalue weighted by Gasteiger charge is -2.10. The van der Waals surface area contributed by atoms with Crippen molar-refractivity contribution >= 4 is 20.9 Å². The number of aromatic amines is 1. The van der Waals surface area contributed by atoms with E-state index in [0.717, 1.165) is 22.0 Å². The van der Waals surface area contributed by atoms with Crippen molar-refractivity contribution in [2.24, 2.45) is 0 Å². The molecule has 2 N–H and O–H groups in total. The Bertz CT molecular complexity index is 1120. The number of rotatable bonds is 5. The van der Waals surface area contributed by atoms with Crippen molar-refractivity contribution in [2.75, 3.05) is 0 Å². The van der Waals surface area contributed by atoms with Crippen molar-refractivity contribution in [3.05, 3.63) is 75.6 Å². The Balaban J connectivity index is 1.90. The Hall–Kier alpha value is -2.44. The molecule has 0 aliphatic carbocycles. The van der Waals surface area contributed by atoms with Gasteiger partial charge in [0.05, 0.1) is 4.90 Å². The van der Waals surface area contributed by atoms with Gasteiger partial charge in [-0.1, -0.05) is 32.0 Å². The summed E-state index contributed by atoms with van der Waals surface area (Å²) in [7, 11) is -3.68. The van der Waals surface area contributed by atoms with Crippen LogP contribution in [-0.4, -0.2) is 13.4 Å². The summed E-state index contributed by atoms with van der Waals surface area (Å²) in [5.74, 6) is 0.370. The standard InChI is InChI=1S/C20H22N2O3S/c1-13(2)15-7-8-19-16(10-15)11-17(20(23)22-19)12-21-26(24,25)18-6-4-5-14(3)9-18/h4-11,13,21H,12H2,1-3H3,(H,22,23). The normalized spacial score (nSPS) is 12.0. The van der Waals surface area contributed by atoms with E-state index < -0.39 is 10.0 Å². The van der Waals surface area contributed by atoms with E-state index in [1.165, 1.54) is 6.07 Å². The van der Waals surface area contributed by atoms with Crippen LogP contribution < -0.4 is 10.3 Å². The number of aromatic nitrogens is 1. The fourth-order valence-electron chi connectivity index (χ4n) is 2.80. The average Bonchev–Trinajstić information content (AvgIpc) is 2.59. The van der Waals surface area contributed by atoms with Crippen molar-refractivity contribution in [1.82, 2.24) is 9.71 Å². The number of aryl methyl sites for hydroxylation is 1. The first-order chi connectivity index (χ1) is 12.3. The van der Waals surface area contributed by atoms with Crippen molar-refractivity contribution in [2.45, 2.75) is 38.1 Å². The maximum absolute atomic E-state index is 12.5. The molecule has 0 radical (unpaired) electrons. The number of hydrogen-bond acceptors (Lipinski definition) is 3. The molecule has 5 nitrogen and oxygen atoms in total. The van der Waals surface area contributed by atoms with E-state index in [9.17, 15) is 13.2 Å². The van der Waals surface area contributed by atoms with Gasteiger partial charge < -0.3 is 4.98 Å². The highest BCUT2D eigenvalue weighted by Gasteiger charge is 2.15. The molecule has 3 rings (SSSR count). The lowest BCUT2D eigenvalue weighted by molar-refractivity contribution is 0.581. The monoisotopic (exact) mass is 370 g/mol. The van der Waals surface area contributed by atoms with Crippen molar-refractivity contribution in [3.8, 4) is 0 Å². The van der Waals surface area contributed by atoms with Gasteiger partial charge >= 0.3 is 0 Å². The Morgan fingerprint density at radius 3 is 2.54 bits per heavy atom. The maximum Gasteiger partial charge on any atom is 0.252 e. The second kappa shape index (κ2) is 7.05. The van der Waals surface area contributed by atoms with Gasteiger partial charge in [-0.15, -0.1) is 0 Å². The summed E-state index contributed by atoms with van der Waals surface area (Å²) < 4.78 is 27.4. The van der Waals surface area contributed by atoms with Crippen molar-refractivity contribution in [3.63, 3.8) is 0 Å². The van der Waals surface area contributed by atoms with E-state index in [4.69, 9.17) is 0 Å². The molecule has 0 bridgehead atoms. The second-order valence-electron chi connectivity index (χ2n) is 6.77. The minimum absolute atomic E-state index is 0.0620. The minimum atomic E-state index is -3.68. The van der Waals surface area contributed by atoms with E-state index in [1.807, 2.05) is 31.2 Å². The number of hydrogen-bond donors (Lipinski definition) is 2. The van der Waals surface area contributed by atoms with Crippen LogP contribution in [0.25, 0.3) is 10.9 Å². The van der Waals surface area contributed by atoms with Crippen LogP contribution in [0.3, 0.4) is 0 Å². The van der Waals surface area contributed by atoms with E-state index in [1.54, 1.807) is 18.2 Å². The van der Waals surface area contributed by atoms with E-state index >= 15 is 0 Å². The molecule has 3 aromatic rings. The zero-order valence-corrected chi connectivity index (χ0v) is 15.9. The highest BCUT2D eigenvalue weighted by atomic mass is 32.2. The quantitative estimate of drug-likeness (QED) is 0.722. The van der Waals surface area contributed by atoms with Crippen LogP contribution in [0.4, 0.5) is 0 Å². The number of H-pyrrole nitrogens is 1. The number of sulfonamides is 1. The third kappa shape index (κ3) is 3.86. The van der Waals surface area contributed by atoms with Gasteiger partial charge in [-0.05, 0) is 59.7 Å². The molecule has 0 aliphatic rings. The molecule has 0 spiro atoms. The number of fused-ring (bicyclic) bond motifs is 1. The molecular weight excluding hydrogens is 348 g/mol. The Labute approximate surface area is 153 Å². The largest absolute Gasteiger partial charge is 0.322 e. The van der Waals surface area contributed by atoms with E-state index in [-0.39, 0.29) is 17.0 Å². The van der Waals surface area contributed by atoms with Crippen molar-refractivity contribution < 1.29 is 8.42 Å². The minimum Gasteiger partial charge on any atom is -0.322 e. The predicted molar refractivity (Wildman–Crippen MR) is 104 cm³/mol. The Kier molecular flexibility index (Phi) is 4.98. The Morgan fingerprint density at radius 1 is 1.08 bits per heavy atom. The van der Waals surface area contributed by atoms with Crippen LogP contribution in [0.5, 0.6) is 0 Å². The first-order valence-corrected chi connectivity index (χ1v) is 9.97. The SMILES string of the molecule is Cc1cccc(S(=O)(=O)NCc2cc3cc(C(C)C)ccc3[nH]c2=O)c1. The van der Waals surface area contributed by atoms with Crippen LogP contribution >= 0.6 is 0 Å². The van der Waals surface area contributed by atoms with Crippen molar-refractivity contribution in [1.29, 1.82) is 0 Å². The van der Waals surface area contributed by atoms with Gasteiger partial charge in [0.25, 0.3) is 5.56 Å². The molecular formula is C20H22N2O3S. The smallest absolute Gasteiger partial charge is 0.252 e. The lowest BCUT2D eigenvalue weighted by Crippen LogP contribution is -2.27. The molecule has 0 amide bonds. The molecule has 0 fully saturated rings. The summed E-state index contributed by atoms with van der Waals surface area (Å²) in [5, 5.41) is 0.889. The van der Waals surface area contributed by atoms with Gasteiger partial charge in [-0.3, -0.25) is 4.79 Å². The molecule has 136 valence electrons. The van der Waals surface area contributed by atoms with Crippen LogP contribution in [0.1, 0.15) is 36.5 Å². The number of pyridine rings is 1. The number of benzene rings is 2. The van der Waals surface area contributed by atoms with Crippen LogP contribution in [0, 0.1) is 6.92 Å². The molecule has 26 heavy (non-hydrogen) atoms. The zero-order valence-electron chi connectivity index (χ0n) is 15.0. The third-order valence-corrected chi connectivity index (χ3v) is 5.76. The van der Waals surface area contributed by atoms with Gasteiger partial charge in [-0.2, -0.15) is 0 Å². The van der Waals surface area contributed by atoms with Gasteiger partial charge in [-0.25, -0.2) is 13.1 Å². The first-order valence-electron chi connectivity index (χ1n) is 8.48. The van der Waals surface area contributed by atoms with E-state index in [0.29, 0.717) is 11.5 Å². The van der Waals surface area contributed by atoms with Gasteiger partial charge in [0, 0.05) is 17.6 Å². The maximum atomic E-state index is 12.5. The molecule has 2 aromatic carbocycles. The van der Waals surface area contributed by atoms with Gasteiger partial charge in [0.15, 0.2) is 0 Å². The fraction of sp³-hybridized carbons (Fsp3) is 0.250. The van der Waals surface area contributed by atoms with Crippen LogP contribution in [-0.2, 0) is 16.6 Å². The highest BCUT2D eigenvalue weighted by Crippen LogP contribution is 2.20. The molecule has 0 unspecified atom stereocenters. The molecule has 0 atom stereocenters. The van der Waals surface area contributed by atoms with Crippen LogP contribution in [0.15, 0.2) is 58.2 Å². The summed E-state index contributed by atoms with van der Waals surface area (Å²) in [6, 6.07) is 14.3. The van der Waals surface area contributed by atoms with Crippen LogP contribution in [0.2, 0.25) is 0 Å². The van der Waals surface area contributed by atoms with E-state index in [2.05, 4.69) is 23.6 Å². The summed E-state index contributed by atoms with van der Waals surface area (Å²) >= 11 is 0. The fourth-order valence-corrected chi connectivity index (χ4v) is 3.91. The zero-order chi connectivity index (χ0) is 18.9. The molecule has 0 aliphatic heterocycles. The summed E-state index contributed by atoms with van der Waals surface area (Å²) in [4.78, 5) is 15.3. The average molecular weight is 370 g/mol. The highest BCUT2D eigenvalue weighted by molar-refractivity contribution is 7.89. The number of nitrogens with one attached hydrogen (secondary N) is 2. The molecule has 6 heteroatoms.